The van der Waals surface area contributed by atoms with Gasteiger partial charge in [0.05, 0.1) is 12.5 Å². The molecule has 0 radical (unpaired) electrons. The van der Waals surface area contributed by atoms with Crippen molar-refractivity contribution in [3.05, 3.63) is 93.4 Å². The second-order valence-electron chi connectivity index (χ2n) is 10.3. The minimum Gasteiger partial charge on any atom is -0.326 e. The average Bonchev–Trinajstić information content (AvgIpc) is 3.51. The molecule has 2 aliphatic rings. The molecule has 2 saturated carbocycles. The summed E-state index contributed by atoms with van der Waals surface area (Å²) in [7, 11) is 0. The van der Waals surface area contributed by atoms with Crippen LogP contribution in [0.15, 0.2) is 65.5 Å². The van der Waals surface area contributed by atoms with E-state index >= 15 is 0 Å². The van der Waals surface area contributed by atoms with E-state index in [1.165, 1.54) is 18.4 Å². The highest BCUT2D eigenvalue weighted by atomic mass is 19.4. The number of amides is 1. The van der Waals surface area contributed by atoms with Gasteiger partial charge in [0.25, 0.3) is 5.56 Å². The Labute approximate surface area is 213 Å². The van der Waals surface area contributed by atoms with Crippen molar-refractivity contribution in [2.45, 2.75) is 63.6 Å². The highest BCUT2D eigenvalue weighted by Crippen LogP contribution is 2.38. The van der Waals surface area contributed by atoms with Crippen molar-refractivity contribution in [2.75, 3.05) is 5.32 Å². The lowest BCUT2D eigenvalue weighted by Gasteiger charge is -2.24. The summed E-state index contributed by atoms with van der Waals surface area (Å²) >= 11 is 0. The fourth-order valence-electron chi connectivity index (χ4n) is 5.30. The van der Waals surface area contributed by atoms with Crippen LogP contribution < -0.4 is 10.9 Å². The predicted octanol–water partition coefficient (Wildman–Crippen LogP) is 6.18. The number of hydrogen-bond donors (Lipinski definition) is 1. The van der Waals surface area contributed by atoms with E-state index in [0.29, 0.717) is 11.6 Å². The first-order chi connectivity index (χ1) is 17.8. The molecule has 0 spiro atoms. The van der Waals surface area contributed by atoms with Crippen molar-refractivity contribution in [3.63, 3.8) is 0 Å². The fraction of sp³-hybridized carbons (Fsp3) is 0.414. The van der Waals surface area contributed by atoms with Crippen molar-refractivity contribution in [1.82, 2.24) is 9.78 Å². The number of carbonyl (C=O) groups is 1. The van der Waals surface area contributed by atoms with Crippen LogP contribution in [-0.4, -0.2) is 15.7 Å². The van der Waals surface area contributed by atoms with E-state index in [2.05, 4.69) is 22.5 Å². The Bertz CT molecular complexity index is 1310. The molecule has 1 N–H and O–H groups in total. The summed E-state index contributed by atoms with van der Waals surface area (Å²) in [4.78, 5) is 25.6. The molecule has 1 heterocycles. The molecule has 1 atom stereocenters. The SMILES string of the molecule is O=C(Nc1cccc(CC2CC2)c1)C(c1ccc(Cn2nc(C(F)(F)F)ccc2=O)cc1)C1CCCC1. The second kappa shape index (κ2) is 10.5. The summed E-state index contributed by atoms with van der Waals surface area (Å²) in [5.74, 6) is 0.628. The van der Waals surface area contributed by atoms with Crippen LogP contribution in [0.5, 0.6) is 0 Å². The Balaban J connectivity index is 1.34. The van der Waals surface area contributed by atoms with Crippen LogP contribution in [0.4, 0.5) is 18.9 Å². The number of nitrogens with zero attached hydrogens (tertiary/aromatic N) is 2. The molecule has 1 amide bonds. The quantitative estimate of drug-likeness (QED) is 0.395. The Morgan fingerprint density at radius 2 is 1.70 bits per heavy atom. The number of benzene rings is 2. The van der Waals surface area contributed by atoms with E-state index in [-0.39, 0.29) is 24.3 Å². The van der Waals surface area contributed by atoms with Gasteiger partial charge in [-0.1, -0.05) is 49.2 Å². The van der Waals surface area contributed by atoms with Crippen molar-refractivity contribution in [3.8, 4) is 0 Å². The molecular weight excluding hydrogens is 479 g/mol. The number of alkyl halides is 3. The van der Waals surface area contributed by atoms with Gasteiger partial charge in [-0.05, 0) is 78.8 Å². The number of carbonyl (C=O) groups excluding carboxylic acids is 1. The van der Waals surface area contributed by atoms with E-state index in [4.69, 9.17) is 0 Å². The third kappa shape index (κ3) is 6.29. The van der Waals surface area contributed by atoms with Gasteiger partial charge in [0.15, 0.2) is 5.69 Å². The van der Waals surface area contributed by atoms with Crippen molar-refractivity contribution in [1.29, 1.82) is 0 Å². The van der Waals surface area contributed by atoms with Gasteiger partial charge in [-0.2, -0.15) is 18.3 Å². The molecule has 2 aliphatic carbocycles. The van der Waals surface area contributed by atoms with Gasteiger partial charge in [0.2, 0.25) is 5.91 Å². The maximum Gasteiger partial charge on any atom is 0.435 e. The molecular formula is C29H30F3N3O2. The van der Waals surface area contributed by atoms with Crippen LogP contribution in [0.25, 0.3) is 0 Å². The minimum atomic E-state index is -4.63. The molecule has 8 heteroatoms. The van der Waals surface area contributed by atoms with Crippen LogP contribution in [0, 0.1) is 11.8 Å². The third-order valence-electron chi connectivity index (χ3n) is 7.40. The lowest BCUT2D eigenvalue weighted by Crippen LogP contribution is -2.27. The molecule has 0 aliphatic heterocycles. The van der Waals surface area contributed by atoms with Gasteiger partial charge in [-0.25, -0.2) is 4.68 Å². The number of hydrogen-bond acceptors (Lipinski definition) is 3. The Hall–Kier alpha value is -3.42. The lowest BCUT2D eigenvalue weighted by atomic mass is 9.83. The number of aromatic nitrogens is 2. The highest BCUT2D eigenvalue weighted by Gasteiger charge is 2.34. The molecule has 1 aromatic heterocycles. The summed E-state index contributed by atoms with van der Waals surface area (Å²) in [6.45, 7) is -0.0862. The topological polar surface area (TPSA) is 64.0 Å². The van der Waals surface area contributed by atoms with Crippen LogP contribution >= 0.6 is 0 Å². The fourth-order valence-corrected chi connectivity index (χ4v) is 5.30. The largest absolute Gasteiger partial charge is 0.435 e. The number of nitrogens with one attached hydrogen (secondary N) is 1. The van der Waals surface area contributed by atoms with Gasteiger partial charge in [0, 0.05) is 11.8 Å². The number of rotatable bonds is 8. The van der Waals surface area contributed by atoms with Crippen LogP contribution in [0.2, 0.25) is 0 Å². The van der Waals surface area contributed by atoms with Crippen LogP contribution in [0.1, 0.15) is 66.8 Å². The van der Waals surface area contributed by atoms with Crippen molar-refractivity contribution in [2.24, 2.45) is 11.8 Å². The smallest absolute Gasteiger partial charge is 0.326 e. The Morgan fingerprint density at radius 1 is 0.973 bits per heavy atom. The van der Waals surface area contributed by atoms with Crippen molar-refractivity contribution < 1.29 is 18.0 Å². The Kier molecular flexibility index (Phi) is 7.17. The lowest BCUT2D eigenvalue weighted by molar-refractivity contribution is -0.142. The zero-order valence-corrected chi connectivity index (χ0v) is 20.5. The summed E-state index contributed by atoms with van der Waals surface area (Å²) in [5.41, 5.74) is 1.83. The molecule has 2 aromatic carbocycles. The molecule has 37 heavy (non-hydrogen) atoms. The number of halogens is 3. The molecule has 0 bridgehead atoms. The summed E-state index contributed by atoms with van der Waals surface area (Å²) < 4.78 is 39.9. The first-order valence-electron chi connectivity index (χ1n) is 12.9. The second-order valence-corrected chi connectivity index (χ2v) is 10.3. The maximum absolute atomic E-state index is 13.5. The van der Waals surface area contributed by atoms with E-state index in [9.17, 15) is 22.8 Å². The van der Waals surface area contributed by atoms with Gasteiger partial charge in [-0.15, -0.1) is 0 Å². The summed E-state index contributed by atoms with van der Waals surface area (Å²) in [5, 5.41) is 6.61. The highest BCUT2D eigenvalue weighted by molar-refractivity contribution is 5.96. The molecule has 0 saturated heterocycles. The predicted molar refractivity (Wildman–Crippen MR) is 135 cm³/mol. The first-order valence-corrected chi connectivity index (χ1v) is 12.9. The van der Waals surface area contributed by atoms with Crippen molar-refractivity contribution >= 4 is 11.6 Å². The monoisotopic (exact) mass is 509 g/mol. The van der Waals surface area contributed by atoms with Crippen LogP contribution in [0.3, 0.4) is 0 Å². The van der Waals surface area contributed by atoms with Gasteiger partial charge < -0.3 is 5.32 Å². The van der Waals surface area contributed by atoms with E-state index < -0.39 is 17.4 Å². The molecule has 1 unspecified atom stereocenters. The molecule has 194 valence electrons. The molecule has 3 aromatic rings. The zero-order valence-electron chi connectivity index (χ0n) is 20.5. The van der Waals surface area contributed by atoms with Gasteiger partial charge in [0.1, 0.15) is 0 Å². The average molecular weight is 510 g/mol. The van der Waals surface area contributed by atoms with Gasteiger partial charge in [-0.3, -0.25) is 9.59 Å². The minimum absolute atomic E-state index is 0.0426. The molecule has 5 nitrogen and oxygen atoms in total. The van der Waals surface area contributed by atoms with E-state index in [1.807, 2.05) is 24.3 Å². The Morgan fingerprint density at radius 3 is 2.38 bits per heavy atom. The summed E-state index contributed by atoms with van der Waals surface area (Å²) in [6.07, 6.45) is 3.10. The maximum atomic E-state index is 13.5. The molecule has 2 fully saturated rings. The van der Waals surface area contributed by atoms with E-state index in [0.717, 1.165) is 60.0 Å². The van der Waals surface area contributed by atoms with Gasteiger partial charge >= 0.3 is 6.18 Å². The summed E-state index contributed by atoms with van der Waals surface area (Å²) in [6, 6.07) is 16.8. The molecule has 5 rings (SSSR count). The van der Waals surface area contributed by atoms with E-state index in [1.54, 1.807) is 12.1 Å². The standard InChI is InChI=1S/C29H30F3N3O2/c30-29(31,32)25-14-15-26(36)35(34-25)18-20-10-12-23(13-11-20)27(22-5-1-2-6-22)28(37)33-24-7-3-4-21(17-24)16-19-8-9-19/h3-4,7,10-15,17,19,22,27H,1-2,5-6,8-9,16,18H2,(H,33,37). The normalized spacial score (nSPS) is 17.1. The van der Waals surface area contributed by atoms with Crippen LogP contribution in [-0.2, 0) is 23.9 Å². The zero-order chi connectivity index (χ0) is 26.0. The number of anilines is 1. The third-order valence-corrected chi connectivity index (χ3v) is 7.40. The first kappa shape index (κ1) is 25.2.